The topological polar surface area (TPSA) is 45.1 Å². The van der Waals surface area contributed by atoms with Gasteiger partial charge in [0.05, 0.1) is 17.2 Å². The molecule has 21 heavy (non-hydrogen) atoms. The van der Waals surface area contributed by atoms with Crippen molar-refractivity contribution in [2.24, 2.45) is 0 Å². The zero-order chi connectivity index (χ0) is 14.2. The van der Waals surface area contributed by atoms with Gasteiger partial charge in [-0.25, -0.2) is 4.98 Å². The summed E-state index contributed by atoms with van der Waals surface area (Å²) in [7, 11) is 0. The molecule has 1 aromatic heterocycles. The molecule has 0 radical (unpaired) electrons. The van der Waals surface area contributed by atoms with Crippen molar-refractivity contribution < 1.29 is 5.11 Å². The molecule has 0 unspecified atom stereocenters. The Labute approximate surface area is 129 Å². The number of aliphatic hydroxyl groups excluding tert-OH is 1. The maximum Gasteiger partial charge on any atom is 0.0959 e. The summed E-state index contributed by atoms with van der Waals surface area (Å²) < 4.78 is 0. The number of nitrogens with zero attached hydrogens (tertiary/aromatic N) is 1. The van der Waals surface area contributed by atoms with Crippen molar-refractivity contribution >= 4 is 11.3 Å². The van der Waals surface area contributed by atoms with Crippen LogP contribution in [0.3, 0.4) is 0 Å². The van der Waals surface area contributed by atoms with Crippen LogP contribution >= 0.6 is 11.3 Å². The molecule has 2 N–H and O–H groups in total. The number of nitrogens with one attached hydrogen (secondary N) is 1. The Hall–Kier alpha value is -1.23. The van der Waals surface area contributed by atoms with Crippen molar-refractivity contribution in [2.75, 3.05) is 0 Å². The van der Waals surface area contributed by atoms with E-state index in [0.29, 0.717) is 5.92 Å². The molecule has 1 saturated carbocycles. The van der Waals surface area contributed by atoms with Gasteiger partial charge >= 0.3 is 0 Å². The van der Waals surface area contributed by atoms with Crippen LogP contribution in [0, 0.1) is 0 Å². The fourth-order valence-electron chi connectivity index (χ4n) is 3.28. The summed E-state index contributed by atoms with van der Waals surface area (Å²) in [4.78, 5) is 5.83. The lowest BCUT2D eigenvalue weighted by molar-refractivity contribution is 0.141. The van der Waals surface area contributed by atoms with E-state index < -0.39 is 0 Å². The maximum absolute atomic E-state index is 10.3. The third-order valence-corrected chi connectivity index (χ3v) is 5.89. The molecular formula is C17H20N2OS. The molecule has 0 bridgehead atoms. The third kappa shape index (κ3) is 2.52. The Bertz CT molecular complexity index is 635. The first-order valence-corrected chi connectivity index (χ1v) is 8.57. The lowest BCUT2D eigenvalue weighted by atomic mass is 9.86. The molecule has 4 rings (SSSR count). The second kappa shape index (κ2) is 5.52. The van der Waals surface area contributed by atoms with Crippen LogP contribution in [-0.4, -0.2) is 16.2 Å². The maximum atomic E-state index is 10.3. The van der Waals surface area contributed by atoms with Gasteiger partial charge in [0.25, 0.3) is 0 Å². The minimum absolute atomic E-state index is 0.0513. The van der Waals surface area contributed by atoms with E-state index in [9.17, 15) is 5.11 Å². The summed E-state index contributed by atoms with van der Waals surface area (Å²) in [6, 6.07) is 8.38. The summed E-state index contributed by atoms with van der Waals surface area (Å²) in [6.07, 6.45) is 6.39. The Morgan fingerprint density at radius 3 is 2.95 bits per heavy atom. The summed E-state index contributed by atoms with van der Waals surface area (Å²) in [5, 5.41) is 15.1. The number of fused-ring (bicyclic) bond motifs is 1. The van der Waals surface area contributed by atoms with Gasteiger partial charge in [-0.05, 0) is 24.0 Å². The van der Waals surface area contributed by atoms with Crippen LogP contribution in [0.15, 0.2) is 30.5 Å². The fourth-order valence-corrected chi connectivity index (χ4v) is 4.32. The van der Waals surface area contributed by atoms with E-state index in [1.54, 1.807) is 0 Å². The second-order valence-corrected chi connectivity index (χ2v) is 7.27. The fraction of sp³-hybridized carbons (Fsp3) is 0.471. The summed E-state index contributed by atoms with van der Waals surface area (Å²) >= 11 is 1.83. The lowest BCUT2D eigenvalue weighted by Crippen LogP contribution is -2.28. The first-order chi connectivity index (χ1) is 10.3. The molecule has 0 amide bonds. The number of aliphatic hydroxyl groups is 1. The molecule has 0 spiro atoms. The Kier molecular flexibility index (Phi) is 3.53. The largest absolute Gasteiger partial charge is 0.391 e. The van der Waals surface area contributed by atoms with Crippen molar-refractivity contribution in [3.63, 3.8) is 0 Å². The van der Waals surface area contributed by atoms with E-state index >= 15 is 0 Å². The molecule has 1 fully saturated rings. The third-order valence-electron chi connectivity index (χ3n) is 4.73. The predicted octanol–water partition coefficient (Wildman–Crippen LogP) is 3.16. The van der Waals surface area contributed by atoms with Gasteiger partial charge in [-0.1, -0.05) is 30.7 Å². The number of hydrogen-bond donors (Lipinski definition) is 2. The Balaban J connectivity index is 1.43. The first kappa shape index (κ1) is 13.4. The van der Waals surface area contributed by atoms with Gasteiger partial charge in [0.1, 0.15) is 0 Å². The van der Waals surface area contributed by atoms with Crippen LogP contribution in [0.5, 0.6) is 0 Å². The molecule has 3 nitrogen and oxygen atoms in total. The summed E-state index contributed by atoms with van der Waals surface area (Å²) in [5.41, 5.74) is 2.51. The second-order valence-electron chi connectivity index (χ2n) is 6.12. The van der Waals surface area contributed by atoms with Gasteiger partial charge in [-0.2, -0.15) is 0 Å². The molecule has 1 aromatic carbocycles. The zero-order valence-corrected chi connectivity index (χ0v) is 12.8. The van der Waals surface area contributed by atoms with Crippen LogP contribution in [0.25, 0.3) is 0 Å². The average Bonchev–Trinajstić information content (AvgIpc) is 2.99. The molecule has 2 atom stereocenters. The lowest BCUT2D eigenvalue weighted by Gasteiger charge is -2.22. The van der Waals surface area contributed by atoms with Gasteiger partial charge in [0.15, 0.2) is 0 Å². The van der Waals surface area contributed by atoms with Crippen molar-refractivity contribution in [3.8, 4) is 0 Å². The van der Waals surface area contributed by atoms with Gasteiger partial charge in [0.2, 0.25) is 0 Å². The molecule has 2 aliphatic rings. The van der Waals surface area contributed by atoms with Gasteiger partial charge in [-0.15, -0.1) is 11.3 Å². The van der Waals surface area contributed by atoms with Crippen molar-refractivity contribution in [3.05, 3.63) is 51.5 Å². The predicted molar refractivity (Wildman–Crippen MR) is 84.4 cm³/mol. The van der Waals surface area contributed by atoms with E-state index in [0.717, 1.165) is 13.0 Å². The molecule has 2 aromatic rings. The van der Waals surface area contributed by atoms with Gasteiger partial charge < -0.3 is 10.4 Å². The number of hydrogen-bond acceptors (Lipinski definition) is 4. The number of rotatable bonds is 4. The molecule has 0 aliphatic heterocycles. The van der Waals surface area contributed by atoms with Crippen LogP contribution in [0.1, 0.15) is 52.2 Å². The Morgan fingerprint density at radius 1 is 1.29 bits per heavy atom. The van der Waals surface area contributed by atoms with E-state index in [-0.39, 0.29) is 12.1 Å². The smallest absolute Gasteiger partial charge is 0.0959 e. The SMILES string of the molecule is O[C@H]1Cc2ccccc2[C@H]1NCc1cnc(C2CCC2)s1. The van der Waals surface area contributed by atoms with Crippen molar-refractivity contribution in [2.45, 2.75) is 50.3 Å². The van der Waals surface area contributed by atoms with Crippen LogP contribution in [0.2, 0.25) is 0 Å². The van der Waals surface area contributed by atoms with Crippen LogP contribution < -0.4 is 5.32 Å². The van der Waals surface area contributed by atoms with Crippen molar-refractivity contribution in [1.29, 1.82) is 0 Å². The monoisotopic (exact) mass is 300 g/mol. The van der Waals surface area contributed by atoms with E-state index in [1.165, 1.54) is 40.3 Å². The first-order valence-electron chi connectivity index (χ1n) is 7.75. The normalized spacial score (nSPS) is 24.8. The number of thiazole rings is 1. The van der Waals surface area contributed by atoms with Crippen LogP contribution in [-0.2, 0) is 13.0 Å². The Morgan fingerprint density at radius 2 is 2.14 bits per heavy atom. The average molecular weight is 300 g/mol. The van der Waals surface area contributed by atoms with E-state index in [1.807, 2.05) is 29.7 Å². The number of aromatic nitrogens is 1. The molecule has 1 heterocycles. The van der Waals surface area contributed by atoms with Crippen molar-refractivity contribution in [1.82, 2.24) is 10.3 Å². The molecule has 4 heteroatoms. The molecular weight excluding hydrogens is 280 g/mol. The van der Waals surface area contributed by atoms with Crippen LogP contribution in [0.4, 0.5) is 0 Å². The minimum atomic E-state index is -0.318. The highest BCUT2D eigenvalue weighted by Crippen LogP contribution is 2.38. The quantitative estimate of drug-likeness (QED) is 0.911. The molecule has 2 aliphatic carbocycles. The summed E-state index contributed by atoms with van der Waals surface area (Å²) in [5.74, 6) is 0.710. The highest BCUT2D eigenvalue weighted by Gasteiger charge is 2.30. The zero-order valence-electron chi connectivity index (χ0n) is 12.0. The molecule has 0 saturated heterocycles. The van der Waals surface area contributed by atoms with E-state index in [2.05, 4.69) is 22.4 Å². The summed E-state index contributed by atoms with van der Waals surface area (Å²) in [6.45, 7) is 0.792. The highest BCUT2D eigenvalue weighted by molar-refractivity contribution is 7.11. The standard InChI is InChI=1S/C17H20N2OS/c20-15-8-12-4-1-2-7-14(12)16(15)18-9-13-10-19-17(21-13)11-5-3-6-11/h1-2,4,7,10-11,15-16,18,20H,3,5-6,8-9H2/t15-,16+/m0/s1. The van der Waals surface area contributed by atoms with Gasteiger partial charge in [0, 0.05) is 30.0 Å². The van der Waals surface area contributed by atoms with Gasteiger partial charge in [-0.3, -0.25) is 0 Å². The number of benzene rings is 1. The highest BCUT2D eigenvalue weighted by atomic mass is 32.1. The minimum Gasteiger partial charge on any atom is -0.391 e. The van der Waals surface area contributed by atoms with E-state index in [4.69, 9.17) is 0 Å². The molecule has 110 valence electrons.